The van der Waals surface area contributed by atoms with Crippen LogP contribution >= 0.6 is 15.9 Å². The fourth-order valence-corrected chi connectivity index (χ4v) is 2.31. The van der Waals surface area contributed by atoms with Gasteiger partial charge in [0.1, 0.15) is 17.4 Å². The van der Waals surface area contributed by atoms with Crippen molar-refractivity contribution in [3.63, 3.8) is 0 Å². The molecule has 112 valence electrons. The summed E-state index contributed by atoms with van der Waals surface area (Å²) in [6.45, 7) is 10.0. The number of aromatic nitrogens is 2. The van der Waals surface area contributed by atoms with Crippen LogP contribution < -0.4 is 10.5 Å². The molecule has 0 radical (unpaired) electrons. The van der Waals surface area contributed by atoms with E-state index < -0.39 is 0 Å². The van der Waals surface area contributed by atoms with E-state index in [9.17, 15) is 0 Å². The summed E-state index contributed by atoms with van der Waals surface area (Å²) in [4.78, 5) is 8.89. The Bertz CT molecular complexity index is 678. The molecule has 2 N–H and O–H groups in total. The quantitative estimate of drug-likeness (QED) is 0.865. The summed E-state index contributed by atoms with van der Waals surface area (Å²) < 4.78 is 6.82. The molecule has 21 heavy (non-hydrogen) atoms. The predicted molar refractivity (Wildman–Crippen MR) is 88.8 cm³/mol. The zero-order valence-corrected chi connectivity index (χ0v) is 14.6. The van der Waals surface area contributed by atoms with E-state index >= 15 is 0 Å². The molecule has 0 aliphatic carbocycles. The summed E-state index contributed by atoms with van der Waals surface area (Å²) >= 11 is 3.51. The molecule has 0 amide bonds. The molecule has 0 saturated heterocycles. The molecule has 1 aromatic carbocycles. The smallest absolute Gasteiger partial charge is 0.227 e. The summed E-state index contributed by atoms with van der Waals surface area (Å²) in [6.07, 6.45) is 0. The molecule has 4 nitrogen and oxygen atoms in total. The van der Waals surface area contributed by atoms with Gasteiger partial charge < -0.3 is 10.5 Å². The van der Waals surface area contributed by atoms with Gasteiger partial charge in [-0.1, -0.05) is 26.8 Å². The van der Waals surface area contributed by atoms with Gasteiger partial charge in [0.2, 0.25) is 5.88 Å². The van der Waals surface area contributed by atoms with Gasteiger partial charge in [0.25, 0.3) is 0 Å². The topological polar surface area (TPSA) is 61.0 Å². The zero-order valence-electron chi connectivity index (χ0n) is 13.0. The van der Waals surface area contributed by atoms with Crippen LogP contribution in [-0.4, -0.2) is 9.97 Å². The minimum atomic E-state index is -0.190. The van der Waals surface area contributed by atoms with Crippen molar-refractivity contribution in [2.75, 3.05) is 5.73 Å². The Hall–Kier alpha value is -1.62. The van der Waals surface area contributed by atoms with E-state index in [0.29, 0.717) is 23.3 Å². The second kappa shape index (κ2) is 5.64. The summed E-state index contributed by atoms with van der Waals surface area (Å²) in [5.41, 5.74) is 7.70. The summed E-state index contributed by atoms with van der Waals surface area (Å²) in [5.74, 6) is 2.33. The van der Waals surface area contributed by atoms with E-state index in [1.165, 1.54) is 0 Å². The molecule has 0 saturated carbocycles. The highest BCUT2D eigenvalue weighted by Gasteiger charge is 2.21. The van der Waals surface area contributed by atoms with Gasteiger partial charge in [-0.25, -0.2) is 4.98 Å². The standard InChI is InChI=1S/C16H20BrN3O/c1-9-6-7-12(11(17)8-9)21-14-10(2)13(18)19-15(20-14)16(3,4)5/h6-8H,1-5H3,(H2,18,19,20). The van der Waals surface area contributed by atoms with Gasteiger partial charge in [-0.05, 0) is 47.5 Å². The number of nitrogens with zero attached hydrogens (tertiary/aromatic N) is 2. The lowest BCUT2D eigenvalue weighted by Crippen LogP contribution is -2.18. The summed E-state index contributed by atoms with van der Waals surface area (Å²) in [7, 11) is 0. The van der Waals surface area contributed by atoms with Crippen LogP contribution in [0.3, 0.4) is 0 Å². The first-order valence-electron chi connectivity index (χ1n) is 6.77. The second-order valence-corrected chi connectivity index (χ2v) is 7.00. The monoisotopic (exact) mass is 349 g/mol. The van der Waals surface area contributed by atoms with Gasteiger partial charge in [0.05, 0.1) is 10.0 Å². The Morgan fingerprint density at radius 2 is 1.81 bits per heavy atom. The molecule has 2 aromatic rings. The first-order valence-corrected chi connectivity index (χ1v) is 7.56. The number of nitrogens with two attached hydrogens (primary N) is 1. The maximum atomic E-state index is 5.99. The van der Waals surface area contributed by atoms with Crippen LogP contribution in [-0.2, 0) is 5.41 Å². The number of benzene rings is 1. The van der Waals surface area contributed by atoms with Crippen molar-refractivity contribution in [3.8, 4) is 11.6 Å². The van der Waals surface area contributed by atoms with Crippen LogP contribution in [0.25, 0.3) is 0 Å². The molecular weight excluding hydrogens is 330 g/mol. The molecule has 1 aromatic heterocycles. The van der Waals surface area contributed by atoms with Crippen LogP contribution in [0.1, 0.15) is 37.7 Å². The lowest BCUT2D eigenvalue weighted by Gasteiger charge is -2.19. The van der Waals surface area contributed by atoms with Gasteiger partial charge in [-0.2, -0.15) is 4.98 Å². The molecule has 0 aliphatic rings. The largest absolute Gasteiger partial charge is 0.437 e. The van der Waals surface area contributed by atoms with E-state index in [-0.39, 0.29) is 5.41 Å². The predicted octanol–water partition coefficient (Wildman–Crippen LogP) is 4.53. The van der Waals surface area contributed by atoms with E-state index in [1.54, 1.807) is 0 Å². The van der Waals surface area contributed by atoms with Crippen LogP contribution in [0, 0.1) is 13.8 Å². The number of hydrogen-bond acceptors (Lipinski definition) is 4. The van der Waals surface area contributed by atoms with E-state index in [1.807, 2.05) is 52.8 Å². The fourth-order valence-electron chi connectivity index (χ4n) is 1.74. The van der Waals surface area contributed by atoms with Crippen LogP contribution in [0.4, 0.5) is 5.82 Å². The molecule has 1 heterocycles. The lowest BCUT2D eigenvalue weighted by molar-refractivity contribution is 0.440. The first kappa shape index (κ1) is 15.8. The van der Waals surface area contributed by atoms with E-state index in [0.717, 1.165) is 15.6 Å². The fraction of sp³-hybridized carbons (Fsp3) is 0.375. The highest BCUT2D eigenvalue weighted by atomic mass is 79.9. The van der Waals surface area contributed by atoms with Gasteiger partial charge in [0, 0.05) is 5.41 Å². The van der Waals surface area contributed by atoms with E-state index in [2.05, 4.69) is 25.9 Å². The van der Waals surface area contributed by atoms with Gasteiger partial charge in [0.15, 0.2) is 0 Å². The number of hydrogen-bond donors (Lipinski definition) is 1. The number of anilines is 1. The molecule has 0 atom stereocenters. The number of nitrogen functional groups attached to an aromatic ring is 1. The lowest BCUT2D eigenvalue weighted by atomic mass is 9.95. The Kier molecular flexibility index (Phi) is 4.23. The molecule has 2 rings (SSSR count). The Morgan fingerprint density at radius 3 is 2.38 bits per heavy atom. The van der Waals surface area contributed by atoms with Crippen molar-refractivity contribution in [2.45, 2.75) is 40.0 Å². The van der Waals surface area contributed by atoms with Crippen LogP contribution in [0.15, 0.2) is 22.7 Å². The van der Waals surface area contributed by atoms with Crippen molar-refractivity contribution in [1.29, 1.82) is 0 Å². The van der Waals surface area contributed by atoms with Crippen LogP contribution in [0.5, 0.6) is 11.6 Å². The highest BCUT2D eigenvalue weighted by Crippen LogP contribution is 2.33. The molecule has 0 aliphatic heterocycles. The average molecular weight is 350 g/mol. The number of rotatable bonds is 2. The zero-order chi connectivity index (χ0) is 15.8. The maximum absolute atomic E-state index is 5.99. The van der Waals surface area contributed by atoms with Gasteiger partial charge >= 0.3 is 0 Å². The normalized spacial score (nSPS) is 11.5. The highest BCUT2D eigenvalue weighted by molar-refractivity contribution is 9.10. The van der Waals surface area contributed by atoms with Crippen molar-refractivity contribution in [3.05, 3.63) is 39.6 Å². The van der Waals surface area contributed by atoms with Gasteiger partial charge in [-0.15, -0.1) is 0 Å². The summed E-state index contributed by atoms with van der Waals surface area (Å²) in [5, 5.41) is 0. The molecule has 0 spiro atoms. The van der Waals surface area contributed by atoms with Crippen molar-refractivity contribution < 1.29 is 4.74 Å². The van der Waals surface area contributed by atoms with E-state index in [4.69, 9.17) is 10.5 Å². The second-order valence-electron chi connectivity index (χ2n) is 6.15. The van der Waals surface area contributed by atoms with Gasteiger partial charge in [-0.3, -0.25) is 0 Å². The molecule has 0 bridgehead atoms. The third-order valence-electron chi connectivity index (χ3n) is 3.10. The summed E-state index contributed by atoms with van der Waals surface area (Å²) in [6, 6.07) is 5.90. The molecule has 0 fully saturated rings. The van der Waals surface area contributed by atoms with Crippen molar-refractivity contribution in [2.24, 2.45) is 0 Å². The van der Waals surface area contributed by atoms with Crippen molar-refractivity contribution in [1.82, 2.24) is 9.97 Å². The first-order chi connectivity index (χ1) is 9.68. The van der Waals surface area contributed by atoms with Crippen LogP contribution in [0.2, 0.25) is 0 Å². The number of ether oxygens (including phenoxy) is 1. The maximum Gasteiger partial charge on any atom is 0.227 e. The third-order valence-corrected chi connectivity index (χ3v) is 3.72. The minimum Gasteiger partial charge on any atom is -0.437 e. The number of aryl methyl sites for hydroxylation is 1. The molecular formula is C16H20BrN3O. The Balaban J connectivity index is 2.46. The molecule has 5 heteroatoms. The third kappa shape index (κ3) is 3.53. The van der Waals surface area contributed by atoms with Crippen molar-refractivity contribution >= 4 is 21.7 Å². The minimum absolute atomic E-state index is 0.190. The number of halogens is 1. The SMILES string of the molecule is Cc1ccc(Oc2nc(C(C)(C)C)nc(N)c2C)c(Br)c1. The Labute approximate surface area is 133 Å². The molecule has 0 unspecified atom stereocenters. The Morgan fingerprint density at radius 1 is 1.14 bits per heavy atom. The average Bonchev–Trinajstić information content (AvgIpc) is 2.36.